The van der Waals surface area contributed by atoms with E-state index in [0.29, 0.717) is 16.0 Å². The van der Waals surface area contributed by atoms with Crippen molar-refractivity contribution in [1.29, 1.82) is 0 Å². The van der Waals surface area contributed by atoms with Gasteiger partial charge in [0.1, 0.15) is 0 Å². The maximum Gasteiger partial charge on any atom is 0.230 e. The summed E-state index contributed by atoms with van der Waals surface area (Å²) < 4.78 is 1.96. The van der Waals surface area contributed by atoms with Crippen molar-refractivity contribution >= 4 is 29.3 Å². The molecule has 0 saturated carbocycles. The number of primary amides is 1. The zero-order valence-corrected chi connectivity index (χ0v) is 16.3. The molecule has 0 aliphatic heterocycles. The van der Waals surface area contributed by atoms with Crippen molar-refractivity contribution in [1.82, 2.24) is 14.8 Å². The van der Waals surface area contributed by atoms with E-state index in [2.05, 4.69) is 28.4 Å². The molecule has 0 bridgehead atoms. The number of carbonyl (C=O) groups excluding carboxylic acids is 1. The Labute approximate surface area is 161 Å². The van der Waals surface area contributed by atoms with Gasteiger partial charge in [-0.3, -0.25) is 9.36 Å². The highest BCUT2D eigenvalue weighted by molar-refractivity contribution is 8.00. The van der Waals surface area contributed by atoms with Gasteiger partial charge in [-0.25, -0.2) is 0 Å². The molecule has 0 saturated heterocycles. The van der Waals surface area contributed by atoms with E-state index in [1.54, 1.807) is 6.92 Å². The van der Waals surface area contributed by atoms with Crippen molar-refractivity contribution in [2.75, 3.05) is 0 Å². The van der Waals surface area contributed by atoms with Crippen LogP contribution in [0, 0.1) is 13.8 Å². The number of nitrogens with two attached hydrogens (primary N) is 1. The second kappa shape index (κ2) is 7.51. The number of aryl methyl sites for hydroxylation is 2. The van der Waals surface area contributed by atoms with E-state index >= 15 is 0 Å². The quantitative estimate of drug-likeness (QED) is 0.668. The van der Waals surface area contributed by atoms with E-state index in [1.807, 2.05) is 42.7 Å². The number of halogens is 1. The molecular weight excluding hydrogens is 368 g/mol. The maximum absolute atomic E-state index is 11.5. The Balaban J connectivity index is 2.21. The molecule has 2 N–H and O–H groups in total. The lowest BCUT2D eigenvalue weighted by Gasteiger charge is -2.15. The summed E-state index contributed by atoms with van der Waals surface area (Å²) >= 11 is 7.45. The van der Waals surface area contributed by atoms with E-state index in [1.165, 1.54) is 11.8 Å². The Hall–Kier alpha value is -2.31. The third kappa shape index (κ3) is 3.76. The number of rotatable bonds is 5. The van der Waals surface area contributed by atoms with Crippen molar-refractivity contribution in [3.63, 3.8) is 0 Å². The summed E-state index contributed by atoms with van der Waals surface area (Å²) in [4.78, 5) is 11.5. The van der Waals surface area contributed by atoms with E-state index in [0.717, 1.165) is 22.4 Å². The molecule has 0 unspecified atom stereocenters. The van der Waals surface area contributed by atoms with E-state index < -0.39 is 11.2 Å². The van der Waals surface area contributed by atoms with Crippen LogP contribution in [0.4, 0.5) is 0 Å². The molecule has 0 aliphatic carbocycles. The Kier molecular flexibility index (Phi) is 5.34. The van der Waals surface area contributed by atoms with Gasteiger partial charge in [0.2, 0.25) is 5.91 Å². The Morgan fingerprint density at radius 3 is 2.65 bits per heavy atom. The first-order valence-electron chi connectivity index (χ1n) is 8.12. The van der Waals surface area contributed by atoms with Crippen LogP contribution < -0.4 is 5.73 Å². The van der Waals surface area contributed by atoms with Crippen LogP contribution in [0.5, 0.6) is 0 Å². The lowest BCUT2D eigenvalue weighted by molar-refractivity contribution is -0.117. The minimum absolute atomic E-state index is 0.394. The standard InChI is InChI=1S/C19H19ClN4OS/c1-11-7-8-12(2)16(9-11)24-18(14-5-4-6-15(20)10-14)22-23-19(24)26-13(3)17(21)25/h4-10,13H,1-3H3,(H2,21,25)/t13-/m0/s1. The number of amides is 1. The molecule has 1 heterocycles. The van der Waals surface area contributed by atoms with Gasteiger partial charge in [-0.05, 0) is 50.1 Å². The Bertz CT molecular complexity index is 970. The molecule has 3 rings (SSSR count). The summed E-state index contributed by atoms with van der Waals surface area (Å²) in [6, 6.07) is 13.7. The summed E-state index contributed by atoms with van der Waals surface area (Å²) in [6.45, 7) is 5.82. The second-order valence-electron chi connectivity index (χ2n) is 6.10. The number of carbonyl (C=O) groups is 1. The first-order chi connectivity index (χ1) is 12.4. The average molecular weight is 387 g/mol. The SMILES string of the molecule is Cc1ccc(C)c(-n2c(S[C@@H](C)C(N)=O)nnc2-c2cccc(Cl)c2)c1. The van der Waals surface area contributed by atoms with Crippen LogP contribution >= 0.6 is 23.4 Å². The van der Waals surface area contributed by atoms with Crippen LogP contribution in [0.2, 0.25) is 5.02 Å². The Morgan fingerprint density at radius 1 is 1.19 bits per heavy atom. The largest absolute Gasteiger partial charge is 0.369 e. The monoisotopic (exact) mass is 386 g/mol. The fourth-order valence-electron chi connectivity index (χ4n) is 2.55. The zero-order chi connectivity index (χ0) is 18.8. The van der Waals surface area contributed by atoms with Crippen LogP contribution in [0.25, 0.3) is 17.1 Å². The van der Waals surface area contributed by atoms with Gasteiger partial charge in [-0.15, -0.1) is 10.2 Å². The number of hydrogen-bond acceptors (Lipinski definition) is 4. The lowest BCUT2D eigenvalue weighted by Crippen LogP contribution is -2.23. The lowest BCUT2D eigenvalue weighted by atomic mass is 10.1. The van der Waals surface area contributed by atoms with Crippen molar-refractivity contribution in [3.8, 4) is 17.1 Å². The number of benzene rings is 2. The molecule has 134 valence electrons. The molecule has 7 heteroatoms. The normalized spacial score (nSPS) is 12.2. The molecule has 0 aliphatic rings. The minimum atomic E-state index is -0.421. The fraction of sp³-hybridized carbons (Fsp3) is 0.211. The van der Waals surface area contributed by atoms with Crippen molar-refractivity contribution in [2.45, 2.75) is 31.2 Å². The summed E-state index contributed by atoms with van der Waals surface area (Å²) in [6.07, 6.45) is 0. The average Bonchev–Trinajstić information content (AvgIpc) is 3.00. The second-order valence-corrected chi connectivity index (χ2v) is 7.85. The third-order valence-electron chi connectivity index (χ3n) is 4.00. The van der Waals surface area contributed by atoms with Crippen LogP contribution in [0.1, 0.15) is 18.1 Å². The molecule has 0 fully saturated rings. The fourth-order valence-corrected chi connectivity index (χ4v) is 3.56. The highest BCUT2D eigenvalue weighted by atomic mass is 35.5. The predicted octanol–water partition coefficient (Wildman–Crippen LogP) is 4.17. The molecule has 1 aromatic heterocycles. The summed E-state index contributed by atoms with van der Waals surface area (Å²) in [5, 5.41) is 9.50. The first kappa shape index (κ1) is 18.5. The number of nitrogens with zero attached hydrogens (tertiary/aromatic N) is 3. The summed E-state index contributed by atoms with van der Waals surface area (Å²) in [5.74, 6) is 0.273. The van der Waals surface area contributed by atoms with Gasteiger partial charge in [-0.1, -0.05) is 47.6 Å². The van der Waals surface area contributed by atoms with Crippen molar-refractivity contribution < 1.29 is 4.79 Å². The first-order valence-corrected chi connectivity index (χ1v) is 9.37. The highest BCUT2D eigenvalue weighted by Crippen LogP contribution is 2.32. The predicted molar refractivity (Wildman–Crippen MR) is 106 cm³/mol. The summed E-state index contributed by atoms with van der Waals surface area (Å²) in [5.41, 5.74) is 9.44. The van der Waals surface area contributed by atoms with E-state index in [-0.39, 0.29) is 0 Å². The van der Waals surface area contributed by atoms with Crippen LogP contribution in [0.15, 0.2) is 47.6 Å². The van der Waals surface area contributed by atoms with E-state index in [9.17, 15) is 4.79 Å². The molecule has 2 aromatic carbocycles. The van der Waals surface area contributed by atoms with Gasteiger partial charge in [-0.2, -0.15) is 0 Å². The zero-order valence-electron chi connectivity index (χ0n) is 14.7. The van der Waals surface area contributed by atoms with Crippen LogP contribution in [-0.2, 0) is 4.79 Å². The smallest absolute Gasteiger partial charge is 0.230 e. The van der Waals surface area contributed by atoms with Gasteiger partial charge in [0.25, 0.3) is 0 Å². The molecular formula is C19H19ClN4OS. The maximum atomic E-state index is 11.5. The van der Waals surface area contributed by atoms with Gasteiger partial charge >= 0.3 is 0 Å². The van der Waals surface area contributed by atoms with Gasteiger partial charge in [0, 0.05) is 10.6 Å². The Morgan fingerprint density at radius 2 is 1.96 bits per heavy atom. The molecule has 0 spiro atoms. The molecule has 3 aromatic rings. The van der Waals surface area contributed by atoms with Crippen molar-refractivity contribution in [2.24, 2.45) is 5.73 Å². The van der Waals surface area contributed by atoms with Crippen LogP contribution in [-0.4, -0.2) is 25.9 Å². The minimum Gasteiger partial charge on any atom is -0.369 e. The summed E-state index contributed by atoms with van der Waals surface area (Å²) in [7, 11) is 0. The molecule has 1 amide bonds. The molecule has 5 nitrogen and oxygen atoms in total. The molecule has 26 heavy (non-hydrogen) atoms. The topological polar surface area (TPSA) is 73.8 Å². The third-order valence-corrected chi connectivity index (χ3v) is 5.30. The van der Waals surface area contributed by atoms with E-state index in [4.69, 9.17) is 17.3 Å². The van der Waals surface area contributed by atoms with Gasteiger partial charge < -0.3 is 5.73 Å². The number of hydrogen-bond donors (Lipinski definition) is 1. The van der Waals surface area contributed by atoms with Crippen molar-refractivity contribution in [3.05, 3.63) is 58.6 Å². The molecule has 0 radical (unpaired) electrons. The van der Waals surface area contributed by atoms with Gasteiger partial charge in [0.15, 0.2) is 11.0 Å². The highest BCUT2D eigenvalue weighted by Gasteiger charge is 2.21. The number of thioether (sulfide) groups is 1. The molecule has 1 atom stereocenters. The van der Waals surface area contributed by atoms with Crippen LogP contribution in [0.3, 0.4) is 0 Å². The number of aromatic nitrogens is 3. The van der Waals surface area contributed by atoms with Gasteiger partial charge in [0.05, 0.1) is 10.9 Å².